The molecule has 0 amide bonds. The zero-order chi connectivity index (χ0) is 8.55. The Balaban J connectivity index is 2.30. The molecule has 2 rings (SSSR count). The summed E-state index contributed by atoms with van der Waals surface area (Å²) in [6.45, 7) is 2.28. The van der Waals surface area contributed by atoms with Crippen molar-refractivity contribution in [1.82, 2.24) is 0 Å². The van der Waals surface area contributed by atoms with E-state index in [4.69, 9.17) is 0 Å². The minimum atomic E-state index is 0.759. The Kier molecular flexibility index (Phi) is 2.57. The van der Waals surface area contributed by atoms with Crippen molar-refractivity contribution in [3.63, 3.8) is 0 Å². The van der Waals surface area contributed by atoms with Crippen LogP contribution in [0.1, 0.15) is 39.0 Å². The van der Waals surface area contributed by atoms with Gasteiger partial charge in [0, 0.05) is 0 Å². The van der Waals surface area contributed by atoms with Crippen LogP contribution in [-0.2, 0) is 20.4 Å². The van der Waals surface area contributed by atoms with E-state index in [1.54, 1.807) is 16.7 Å². The van der Waals surface area contributed by atoms with Gasteiger partial charge in [0.2, 0.25) is 0 Å². The monoisotopic (exact) mass is 195 g/mol. The third-order valence-electron chi connectivity index (χ3n) is 3.02. The maximum atomic E-state index is 2.48. The van der Waals surface area contributed by atoms with Crippen LogP contribution in [0.3, 0.4) is 0 Å². The van der Waals surface area contributed by atoms with Crippen molar-refractivity contribution in [3.8, 4) is 0 Å². The average molecular weight is 195 g/mol. The molecule has 12 heavy (non-hydrogen) atoms. The van der Waals surface area contributed by atoms with Gasteiger partial charge in [-0.2, -0.15) is 0 Å². The summed E-state index contributed by atoms with van der Waals surface area (Å²) in [5.41, 5.74) is 5.14. The molecular formula is C11H15Ti. The molecule has 1 heteroatoms. The molecule has 0 heterocycles. The van der Waals surface area contributed by atoms with Gasteiger partial charge in [0.15, 0.2) is 0 Å². The number of allylic oxidation sites excluding steroid dienone is 4. The quantitative estimate of drug-likeness (QED) is 0.561. The average Bonchev–Trinajstić information content (AvgIpc) is 2.44. The van der Waals surface area contributed by atoms with Crippen LogP contribution < -0.4 is 0 Å². The molecule has 63 valence electrons. The van der Waals surface area contributed by atoms with Gasteiger partial charge in [0.05, 0.1) is 0 Å². The van der Waals surface area contributed by atoms with Crippen LogP contribution in [0.4, 0.5) is 0 Å². The SMILES string of the molecule is CCC1=C[CH]([Ti])C2=C1CCCC2. The van der Waals surface area contributed by atoms with Gasteiger partial charge in [0.25, 0.3) is 0 Å². The molecule has 0 aromatic rings. The molecule has 2 aliphatic carbocycles. The molecule has 1 unspecified atom stereocenters. The van der Waals surface area contributed by atoms with E-state index in [0.717, 1.165) is 4.22 Å². The normalized spacial score (nSPS) is 28.7. The molecule has 0 saturated heterocycles. The fourth-order valence-electron chi connectivity index (χ4n) is 2.37. The summed E-state index contributed by atoms with van der Waals surface area (Å²) in [5, 5.41) is 0. The molecule has 1 atom stereocenters. The van der Waals surface area contributed by atoms with E-state index in [0.29, 0.717) is 0 Å². The zero-order valence-electron chi connectivity index (χ0n) is 7.69. The summed E-state index contributed by atoms with van der Waals surface area (Å²) in [7, 11) is 0. The number of hydrogen-bond donors (Lipinski definition) is 0. The van der Waals surface area contributed by atoms with E-state index in [1.807, 2.05) is 0 Å². The molecule has 0 saturated carbocycles. The summed E-state index contributed by atoms with van der Waals surface area (Å²) < 4.78 is 0.759. The Bertz CT molecular complexity index is 248. The Morgan fingerprint density at radius 2 is 2.17 bits per heavy atom. The summed E-state index contributed by atoms with van der Waals surface area (Å²) >= 11 is 2.35. The first-order valence-electron chi connectivity index (χ1n) is 4.97. The van der Waals surface area contributed by atoms with Crippen LogP contribution in [0, 0.1) is 0 Å². The predicted molar refractivity (Wildman–Crippen MR) is 47.6 cm³/mol. The van der Waals surface area contributed by atoms with E-state index >= 15 is 0 Å². The second kappa shape index (κ2) is 3.51. The molecule has 0 nitrogen and oxygen atoms in total. The first kappa shape index (κ1) is 8.78. The van der Waals surface area contributed by atoms with E-state index in [1.165, 1.54) is 32.1 Å². The van der Waals surface area contributed by atoms with E-state index in [9.17, 15) is 0 Å². The fourth-order valence-corrected chi connectivity index (χ4v) is 3.18. The van der Waals surface area contributed by atoms with E-state index in [-0.39, 0.29) is 0 Å². The third-order valence-corrected chi connectivity index (χ3v) is 3.83. The van der Waals surface area contributed by atoms with Crippen molar-refractivity contribution < 1.29 is 20.4 Å². The topological polar surface area (TPSA) is 0 Å². The Labute approximate surface area is 86.5 Å². The Morgan fingerprint density at radius 1 is 1.42 bits per heavy atom. The van der Waals surface area contributed by atoms with Crippen LogP contribution in [0.2, 0.25) is 4.22 Å². The molecule has 0 spiro atoms. The minimum absolute atomic E-state index is 0.759. The maximum absolute atomic E-state index is 2.48. The van der Waals surface area contributed by atoms with Crippen LogP contribution in [0.15, 0.2) is 22.8 Å². The van der Waals surface area contributed by atoms with Gasteiger partial charge in [-0.15, -0.1) is 0 Å². The van der Waals surface area contributed by atoms with E-state index < -0.39 is 0 Å². The fraction of sp³-hybridized carbons (Fsp3) is 0.636. The van der Waals surface area contributed by atoms with Gasteiger partial charge in [0.1, 0.15) is 0 Å². The van der Waals surface area contributed by atoms with Crippen molar-refractivity contribution in [2.24, 2.45) is 0 Å². The first-order chi connectivity index (χ1) is 5.83. The van der Waals surface area contributed by atoms with Crippen LogP contribution in [0.25, 0.3) is 0 Å². The molecular weight excluding hydrogens is 180 g/mol. The van der Waals surface area contributed by atoms with Gasteiger partial charge in [-0.3, -0.25) is 0 Å². The van der Waals surface area contributed by atoms with Gasteiger partial charge >= 0.3 is 86.5 Å². The molecule has 0 radical (unpaired) electrons. The van der Waals surface area contributed by atoms with Crippen LogP contribution in [-0.4, -0.2) is 0 Å². The van der Waals surface area contributed by atoms with Gasteiger partial charge in [-0.1, -0.05) is 0 Å². The standard InChI is InChI=1S/C11H15.Ti/c1-2-9-7-8-10-5-3-4-6-11(9)10;/h7-8H,2-6H2,1H3;. The van der Waals surface area contributed by atoms with Gasteiger partial charge in [-0.25, -0.2) is 0 Å². The van der Waals surface area contributed by atoms with Crippen molar-refractivity contribution in [2.75, 3.05) is 0 Å². The predicted octanol–water partition coefficient (Wildman–Crippen LogP) is 3.54. The third kappa shape index (κ3) is 1.36. The first-order valence-corrected chi connectivity index (χ1v) is 5.87. The van der Waals surface area contributed by atoms with E-state index in [2.05, 4.69) is 33.4 Å². The summed E-state index contributed by atoms with van der Waals surface area (Å²) in [5.74, 6) is 0. The second-order valence-corrected chi connectivity index (χ2v) is 4.71. The molecule has 0 bridgehead atoms. The molecule has 0 N–H and O–H groups in total. The second-order valence-electron chi connectivity index (χ2n) is 3.73. The molecule has 0 aromatic carbocycles. The van der Waals surface area contributed by atoms with Gasteiger partial charge < -0.3 is 0 Å². The zero-order valence-corrected chi connectivity index (χ0v) is 9.25. The number of hydrogen-bond acceptors (Lipinski definition) is 0. The summed E-state index contributed by atoms with van der Waals surface area (Å²) in [6.07, 6.45) is 9.30. The summed E-state index contributed by atoms with van der Waals surface area (Å²) in [6, 6.07) is 0. The Morgan fingerprint density at radius 3 is 2.92 bits per heavy atom. The van der Waals surface area contributed by atoms with Crippen molar-refractivity contribution in [2.45, 2.75) is 43.3 Å². The van der Waals surface area contributed by atoms with Crippen molar-refractivity contribution >= 4 is 0 Å². The molecule has 0 fully saturated rings. The molecule has 0 aromatic heterocycles. The molecule has 0 aliphatic heterocycles. The molecule has 2 aliphatic rings. The Hall–Kier alpha value is 0.194. The van der Waals surface area contributed by atoms with Crippen LogP contribution >= 0.6 is 0 Å². The summed E-state index contributed by atoms with van der Waals surface area (Å²) in [4.78, 5) is 0. The van der Waals surface area contributed by atoms with Crippen molar-refractivity contribution in [1.29, 1.82) is 0 Å². The number of rotatable bonds is 1. The van der Waals surface area contributed by atoms with Gasteiger partial charge in [-0.05, 0) is 0 Å². The van der Waals surface area contributed by atoms with Crippen molar-refractivity contribution in [3.05, 3.63) is 22.8 Å². The van der Waals surface area contributed by atoms with Crippen LogP contribution in [0.5, 0.6) is 0 Å².